The number of nitrogens with zero attached hydrogens (tertiary/aromatic N) is 1. The molecular weight excluding hydrogens is 342 g/mol. The predicted molar refractivity (Wildman–Crippen MR) is 102 cm³/mol. The summed E-state index contributed by atoms with van der Waals surface area (Å²) in [6.45, 7) is 0.893. The van der Waals surface area contributed by atoms with E-state index in [1.54, 1.807) is 0 Å². The van der Waals surface area contributed by atoms with Crippen LogP contribution in [0.25, 0.3) is 11.0 Å². The van der Waals surface area contributed by atoms with Gasteiger partial charge >= 0.3 is 0 Å². The van der Waals surface area contributed by atoms with Crippen LogP contribution in [0.4, 0.5) is 0 Å². The van der Waals surface area contributed by atoms with Crippen LogP contribution in [0.5, 0.6) is 0 Å². The Balaban J connectivity index is 1.25. The van der Waals surface area contributed by atoms with Crippen molar-refractivity contribution in [3.8, 4) is 0 Å². The van der Waals surface area contributed by atoms with E-state index in [4.69, 9.17) is 0 Å². The Morgan fingerprint density at radius 2 is 1.81 bits per heavy atom. The van der Waals surface area contributed by atoms with Crippen LogP contribution in [0.1, 0.15) is 17.0 Å². The molecule has 3 aromatic rings. The highest BCUT2D eigenvalue weighted by Crippen LogP contribution is 2.16. The average Bonchev–Trinajstić information content (AvgIpc) is 3.13. The standard InChI is InChI=1S/C20H21N5O2/c26-19(22-11-18-24-15-7-3-4-8-16(15)25-18)12-23-20(27)17-9-13-5-1-2-6-14(13)10-21-17/h1-8,17,21H,9-12H2,(H,22,26)(H,23,27)(H,24,25)/t17-/m0/s1. The van der Waals surface area contributed by atoms with E-state index in [1.165, 1.54) is 11.1 Å². The SMILES string of the molecule is O=C(CNC(=O)[C@@H]1Cc2ccccc2CN1)NCc1nc2ccccc2[nH]1. The van der Waals surface area contributed by atoms with Crippen molar-refractivity contribution < 1.29 is 9.59 Å². The summed E-state index contributed by atoms with van der Waals surface area (Å²) in [6.07, 6.45) is 0.628. The Morgan fingerprint density at radius 1 is 1.04 bits per heavy atom. The molecule has 27 heavy (non-hydrogen) atoms. The van der Waals surface area contributed by atoms with Gasteiger partial charge in [-0.05, 0) is 29.7 Å². The molecule has 2 amide bonds. The number of carbonyl (C=O) groups is 2. The van der Waals surface area contributed by atoms with Gasteiger partial charge in [0.25, 0.3) is 0 Å². The Morgan fingerprint density at radius 3 is 2.67 bits per heavy atom. The highest BCUT2D eigenvalue weighted by molar-refractivity contribution is 5.87. The van der Waals surface area contributed by atoms with Gasteiger partial charge in [0.05, 0.1) is 30.2 Å². The number of para-hydroxylation sites is 2. The minimum Gasteiger partial charge on any atom is -0.347 e. The zero-order chi connectivity index (χ0) is 18.6. The van der Waals surface area contributed by atoms with E-state index in [1.807, 2.05) is 42.5 Å². The second-order valence-electron chi connectivity index (χ2n) is 6.60. The normalized spacial score (nSPS) is 15.9. The van der Waals surface area contributed by atoms with Gasteiger partial charge in [0.1, 0.15) is 5.82 Å². The van der Waals surface area contributed by atoms with Crippen LogP contribution in [0, 0.1) is 0 Å². The highest BCUT2D eigenvalue weighted by Gasteiger charge is 2.23. The number of fused-ring (bicyclic) bond motifs is 2. The molecule has 4 N–H and O–H groups in total. The number of H-pyrrole nitrogens is 1. The molecule has 0 fully saturated rings. The third-order valence-electron chi connectivity index (χ3n) is 4.71. The maximum absolute atomic E-state index is 12.3. The zero-order valence-electron chi connectivity index (χ0n) is 14.8. The van der Waals surface area contributed by atoms with Crippen molar-refractivity contribution in [1.29, 1.82) is 0 Å². The summed E-state index contributed by atoms with van der Waals surface area (Å²) in [5.41, 5.74) is 4.17. The number of hydrogen-bond acceptors (Lipinski definition) is 4. The maximum atomic E-state index is 12.3. The molecule has 0 unspecified atom stereocenters. The Bertz CT molecular complexity index is 948. The first-order chi connectivity index (χ1) is 13.2. The Hall–Kier alpha value is -3.19. The van der Waals surface area contributed by atoms with Gasteiger partial charge < -0.3 is 20.9 Å². The van der Waals surface area contributed by atoms with Gasteiger partial charge in [0.2, 0.25) is 11.8 Å². The summed E-state index contributed by atoms with van der Waals surface area (Å²) < 4.78 is 0. The van der Waals surface area contributed by atoms with Crippen molar-refractivity contribution in [1.82, 2.24) is 25.9 Å². The summed E-state index contributed by atoms with van der Waals surface area (Å²) in [4.78, 5) is 31.9. The summed E-state index contributed by atoms with van der Waals surface area (Å²) in [7, 11) is 0. The molecule has 138 valence electrons. The lowest BCUT2D eigenvalue weighted by molar-refractivity contribution is -0.127. The number of benzene rings is 2. The lowest BCUT2D eigenvalue weighted by Gasteiger charge is -2.25. The highest BCUT2D eigenvalue weighted by atomic mass is 16.2. The Labute approximate surface area is 156 Å². The first kappa shape index (κ1) is 17.2. The number of amides is 2. The van der Waals surface area contributed by atoms with E-state index in [-0.39, 0.29) is 24.4 Å². The molecule has 7 heteroatoms. The van der Waals surface area contributed by atoms with Crippen LogP contribution >= 0.6 is 0 Å². The largest absolute Gasteiger partial charge is 0.347 e. The molecular formula is C20H21N5O2. The van der Waals surface area contributed by atoms with Crippen molar-refractivity contribution in [3.05, 3.63) is 65.5 Å². The molecule has 4 rings (SSSR count). The molecule has 7 nitrogen and oxygen atoms in total. The van der Waals surface area contributed by atoms with Crippen molar-refractivity contribution >= 4 is 22.8 Å². The average molecular weight is 363 g/mol. The molecule has 0 aliphatic carbocycles. The zero-order valence-corrected chi connectivity index (χ0v) is 14.8. The summed E-state index contributed by atoms with van der Waals surface area (Å²) >= 11 is 0. The molecule has 0 saturated heterocycles. The monoisotopic (exact) mass is 363 g/mol. The molecule has 0 bridgehead atoms. The second kappa shape index (κ2) is 7.59. The molecule has 1 aliphatic heterocycles. The van der Waals surface area contributed by atoms with Crippen molar-refractivity contribution in [3.63, 3.8) is 0 Å². The first-order valence-corrected chi connectivity index (χ1v) is 8.97. The fourth-order valence-electron chi connectivity index (χ4n) is 3.26. The number of nitrogens with one attached hydrogen (secondary N) is 4. The van der Waals surface area contributed by atoms with Crippen LogP contribution in [0.3, 0.4) is 0 Å². The topological polar surface area (TPSA) is 98.9 Å². The molecule has 0 radical (unpaired) electrons. The summed E-state index contributed by atoms with van der Waals surface area (Å²) in [6, 6.07) is 15.4. The number of rotatable bonds is 5. The van der Waals surface area contributed by atoms with Gasteiger partial charge in [0, 0.05) is 6.54 Å². The minimum absolute atomic E-state index is 0.0567. The van der Waals surface area contributed by atoms with Crippen LogP contribution < -0.4 is 16.0 Å². The van der Waals surface area contributed by atoms with E-state index >= 15 is 0 Å². The van der Waals surface area contributed by atoms with Crippen molar-refractivity contribution in [2.75, 3.05) is 6.54 Å². The second-order valence-corrected chi connectivity index (χ2v) is 6.60. The number of hydrogen-bond donors (Lipinski definition) is 4. The smallest absolute Gasteiger partial charge is 0.239 e. The third-order valence-corrected chi connectivity index (χ3v) is 4.71. The van der Waals surface area contributed by atoms with Crippen LogP contribution in [-0.4, -0.2) is 34.4 Å². The quantitative estimate of drug-likeness (QED) is 0.544. The van der Waals surface area contributed by atoms with Gasteiger partial charge in [-0.3, -0.25) is 9.59 Å². The lowest BCUT2D eigenvalue weighted by Crippen LogP contribution is -2.49. The molecule has 1 atom stereocenters. The molecule has 2 aromatic carbocycles. The molecule has 2 heterocycles. The van der Waals surface area contributed by atoms with Gasteiger partial charge in [-0.15, -0.1) is 0 Å². The number of aromatic nitrogens is 2. The first-order valence-electron chi connectivity index (χ1n) is 8.97. The van der Waals surface area contributed by atoms with Crippen LogP contribution in [-0.2, 0) is 29.1 Å². The fraction of sp³-hybridized carbons (Fsp3) is 0.250. The third kappa shape index (κ3) is 3.98. The number of aromatic amines is 1. The molecule has 1 aliphatic rings. The maximum Gasteiger partial charge on any atom is 0.239 e. The molecule has 0 saturated carbocycles. The van der Waals surface area contributed by atoms with Crippen molar-refractivity contribution in [2.24, 2.45) is 0 Å². The number of imidazole rings is 1. The van der Waals surface area contributed by atoms with E-state index in [2.05, 4.69) is 32.0 Å². The predicted octanol–water partition coefficient (Wildman–Crippen LogP) is 1.01. The van der Waals surface area contributed by atoms with E-state index in [9.17, 15) is 9.59 Å². The van der Waals surface area contributed by atoms with Gasteiger partial charge in [-0.2, -0.15) is 0 Å². The fourth-order valence-corrected chi connectivity index (χ4v) is 3.26. The van der Waals surface area contributed by atoms with Gasteiger partial charge in [-0.1, -0.05) is 36.4 Å². The molecule has 1 aromatic heterocycles. The number of carbonyl (C=O) groups excluding carboxylic acids is 2. The Kier molecular flexibility index (Phi) is 4.84. The van der Waals surface area contributed by atoms with Gasteiger partial charge in [-0.25, -0.2) is 4.98 Å². The molecule has 0 spiro atoms. The van der Waals surface area contributed by atoms with Crippen molar-refractivity contribution in [2.45, 2.75) is 25.6 Å². The summed E-state index contributed by atoms with van der Waals surface area (Å²) in [5, 5.41) is 8.68. The van der Waals surface area contributed by atoms with E-state index in [0.29, 0.717) is 25.3 Å². The van der Waals surface area contributed by atoms with Crippen LogP contribution in [0.15, 0.2) is 48.5 Å². The van der Waals surface area contributed by atoms with E-state index < -0.39 is 0 Å². The van der Waals surface area contributed by atoms with E-state index in [0.717, 1.165) is 11.0 Å². The minimum atomic E-state index is -0.317. The summed E-state index contributed by atoms with van der Waals surface area (Å²) in [5.74, 6) is 0.268. The lowest BCUT2D eigenvalue weighted by atomic mass is 9.95. The van der Waals surface area contributed by atoms with Crippen LogP contribution in [0.2, 0.25) is 0 Å². The van der Waals surface area contributed by atoms with Gasteiger partial charge in [0.15, 0.2) is 0 Å².